The monoisotopic (exact) mass is 1920 g/mol. The van der Waals surface area contributed by atoms with Crippen LogP contribution in [-0.4, -0.2) is 55.0 Å². The molecular weight excluding hydrogens is 1800 g/mol. The van der Waals surface area contributed by atoms with Gasteiger partial charge in [0.05, 0.1) is 29.4 Å². The summed E-state index contributed by atoms with van der Waals surface area (Å²) in [6.45, 7) is 17.6. The van der Waals surface area contributed by atoms with Gasteiger partial charge in [-0.05, 0) is 173 Å². The van der Waals surface area contributed by atoms with E-state index in [4.69, 9.17) is 13.0 Å². The first kappa shape index (κ1) is 106. The van der Waals surface area contributed by atoms with E-state index in [1.54, 1.807) is 0 Å². The largest absolute Gasteiger partial charge is 1.00 e. The number of aryl methyl sites for hydroxylation is 5. The van der Waals surface area contributed by atoms with Gasteiger partial charge in [-0.25, -0.2) is 27.2 Å². The molecule has 15 aromatic rings. The zero-order valence-electron chi connectivity index (χ0n) is 78.6. The Bertz CT molecular complexity index is 5540. The van der Waals surface area contributed by atoms with Crippen molar-refractivity contribution in [3.8, 4) is 0 Å². The molecule has 3 atom stereocenters. The van der Waals surface area contributed by atoms with E-state index in [1.165, 1.54) is 83.5 Å². The quantitative estimate of drug-likeness (QED) is 0.0174. The molecular formula is C114H117Cl2FN12O9S. The number of rotatable bonds is 33. The predicted molar refractivity (Wildman–Crippen MR) is 547 cm³/mol. The summed E-state index contributed by atoms with van der Waals surface area (Å²) in [5.41, 5.74) is 26.2. The maximum absolute atomic E-state index is 13.1. The zero-order valence-corrected chi connectivity index (χ0v) is 80.9. The molecule has 0 heterocycles. The summed E-state index contributed by atoms with van der Waals surface area (Å²) in [6, 6.07) is 124. The molecule has 0 aliphatic heterocycles. The van der Waals surface area contributed by atoms with Crippen molar-refractivity contribution in [2.45, 2.75) is 113 Å². The van der Waals surface area contributed by atoms with Crippen LogP contribution in [0.4, 0.5) is 70.0 Å². The molecule has 0 aromatic heterocycles. The summed E-state index contributed by atoms with van der Waals surface area (Å²) in [4.78, 5) is 79.1. The van der Waals surface area contributed by atoms with Crippen molar-refractivity contribution in [3.05, 3.63) is 483 Å². The number of carbonyl (C=O) groups is 6. The van der Waals surface area contributed by atoms with Gasteiger partial charge in [0.1, 0.15) is 64.7 Å². The smallest absolute Gasteiger partial charge is 0.323 e. The lowest BCUT2D eigenvalue weighted by molar-refractivity contribution is -0.941. The second kappa shape index (κ2) is 54.5. The minimum absolute atomic E-state index is 0. The molecule has 0 bridgehead atoms. The Kier molecular flexibility index (Phi) is 41.5. The average Bonchev–Trinajstić information content (AvgIpc) is 0.855. The van der Waals surface area contributed by atoms with Crippen LogP contribution in [0.2, 0.25) is 0 Å². The lowest BCUT2D eigenvalue weighted by atomic mass is 10.1. The Morgan fingerprint density at radius 3 is 0.540 bits per heavy atom. The van der Waals surface area contributed by atoms with E-state index in [1.807, 2.05) is 259 Å². The van der Waals surface area contributed by atoms with Crippen LogP contribution in [0.15, 0.2) is 382 Å². The number of carbonyl (C=O) groups excluding carboxylic acids is 6. The van der Waals surface area contributed by atoms with E-state index in [2.05, 4.69) is 181 Å². The second-order valence-electron chi connectivity index (χ2n) is 34.3. The van der Waals surface area contributed by atoms with Crippen molar-refractivity contribution in [3.63, 3.8) is 0 Å². The van der Waals surface area contributed by atoms with Gasteiger partial charge >= 0.3 is 18.1 Å². The minimum atomic E-state index is -3.92. The summed E-state index contributed by atoms with van der Waals surface area (Å²) < 4.78 is 40.4. The molecule has 0 radical (unpaired) electrons. The molecule has 9 amide bonds. The van der Waals surface area contributed by atoms with Crippen LogP contribution in [0.1, 0.15) is 94.6 Å². The Morgan fingerprint density at radius 1 is 0.223 bits per heavy atom. The molecule has 15 rings (SSSR count). The number of benzene rings is 15. The Morgan fingerprint density at radius 2 is 0.360 bits per heavy atom. The maximum atomic E-state index is 13.1. The third-order valence-corrected chi connectivity index (χ3v) is 22.1. The molecule has 0 fully saturated rings. The van der Waals surface area contributed by atoms with Gasteiger partial charge in [-0.3, -0.25) is 14.4 Å². The maximum Gasteiger partial charge on any atom is 0.323 e. The van der Waals surface area contributed by atoms with Crippen LogP contribution < -0.4 is 87.4 Å². The summed E-state index contributed by atoms with van der Waals surface area (Å²) in [5.74, 6) is -0.443. The van der Waals surface area contributed by atoms with Crippen LogP contribution in [0.25, 0.3) is 0 Å². The predicted octanol–water partition coefficient (Wildman–Crippen LogP) is 13.7. The summed E-state index contributed by atoms with van der Waals surface area (Å²) in [5, 5.41) is 26.0. The van der Waals surface area contributed by atoms with Gasteiger partial charge in [-0.15, -0.1) is 0 Å². The number of anilines is 9. The topological polar surface area (TPSA) is 281 Å². The lowest BCUT2D eigenvalue weighted by Crippen LogP contribution is -3.08. The van der Waals surface area contributed by atoms with Crippen molar-refractivity contribution in [2.24, 2.45) is 0 Å². The van der Waals surface area contributed by atoms with E-state index < -0.39 is 16.1 Å². The molecule has 12 N–H and O–H groups in total. The highest BCUT2D eigenvalue weighted by atomic mass is 35.5. The molecule has 0 spiro atoms. The Labute approximate surface area is 826 Å². The summed E-state index contributed by atoms with van der Waals surface area (Å²) in [7, 11) is -3.92. The standard InChI is InChI=1S/2C38H38N4O2.C37H35FN4O2.CH4O3S.2ClH/c2*1-28-8-18-34(19-9-28)39-37(43)24-30-12-14-32(15-13-30)26-42(25-31-6-4-3-5-7-31)27-33-16-22-36(23-17-33)41-38(44)40-35-20-10-29(2)11-21-35;1-27-7-17-33(18-8-27)39-36(43)23-28-9-11-30(12-10-28)25-42(24-29-5-3-2-4-6-29)26-31-13-19-34(20-14-31)40-37(44)41-35-21-15-32(38)16-22-35;1-5(2,3)4;;/h2*3-23H,24-27H2,1-2H3,(H,39,43)(H2,40,41,44);2-22H,23-26H2,1H3,(H,39,43)(H2,40,41,44);1H3,(H,2,3,4);2*1H. The number of hydrogen-bond donors (Lipinski definition) is 12. The van der Waals surface area contributed by atoms with Crippen LogP contribution in [0.5, 0.6) is 0 Å². The number of hydrogen-bond acceptors (Lipinski definition) is 9. The second-order valence-corrected chi connectivity index (χ2v) is 35.7. The van der Waals surface area contributed by atoms with Crippen molar-refractivity contribution in [1.82, 2.24) is 0 Å². The molecule has 0 aliphatic carbocycles. The van der Waals surface area contributed by atoms with Crippen LogP contribution >= 0.6 is 0 Å². The Balaban J connectivity index is 0.000000208. The highest BCUT2D eigenvalue weighted by Gasteiger charge is 2.20. The molecule has 714 valence electrons. The zero-order chi connectivity index (χ0) is 96.7. The van der Waals surface area contributed by atoms with Crippen molar-refractivity contribution in [1.29, 1.82) is 0 Å². The van der Waals surface area contributed by atoms with E-state index in [0.717, 1.165) is 149 Å². The first-order chi connectivity index (χ1) is 66.1. The fraction of sp³-hybridized carbons (Fsp3) is 0.158. The van der Waals surface area contributed by atoms with Gasteiger partial charge < -0.3 is 91.9 Å². The molecule has 21 nitrogen and oxygen atoms in total. The molecule has 25 heteroatoms. The number of urea groups is 3. The first-order valence-electron chi connectivity index (χ1n) is 45.4. The number of amides is 9. The van der Waals surface area contributed by atoms with Gasteiger partial charge in [0.15, 0.2) is 0 Å². The normalized spacial score (nSPS) is 11.3. The van der Waals surface area contributed by atoms with Crippen molar-refractivity contribution < 1.29 is 85.6 Å². The van der Waals surface area contributed by atoms with E-state index >= 15 is 0 Å². The van der Waals surface area contributed by atoms with Crippen molar-refractivity contribution >= 4 is 97.1 Å². The minimum Gasteiger partial charge on any atom is -1.00 e. The van der Waals surface area contributed by atoms with Crippen LogP contribution in [0.3, 0.4) is 0 Å². The van der Waals surface area contributed by atoms with Gasteiger partial charge in [0.2, 0.25) is 17.7 Å². The SMILES string of the molecule is CS(=O)(=O)[O-].Cc1ccc(NC(=O)Cc2ccc(C[NH+](Cc3ccccc3)Cc3ccc(NC(=O)Nc4ccc(C)cc4)cc3)cc2)cc1.Cc1ccc(NC(=O)Cc2ccc(C[NH+](Cc3ccccc3)Cc3ccc(NC(=O)Nc4ccc(C)cc4)cc3)cc2)cc1.Cc1ccc(NC(=O)Cc2ccc(C[NH+](Cc3ccccc3)Cc3ccc(NC(=O)Nc4ccc(F)cc4)cc3)cc2)cc1.[Cl-].[Cl-]. The highest BCUT2D eigenvalue weighted by Crippen LogP contribution is 2.21. The third-order valence-electron chi connectivity index (χ3n) is 22.1. The summed E-state index contributed by atoms with van der Waals surface area (Å²) >= 11 is 0. The molecule has 139 heavy (non-hydrogen) atoms. The molecule has 0 aliphatic rings. The van der Waals surface area contributed by atoms with E-state index in [0.29, 0.717) is 36.9 Å². The number of quaternary nitrogens is 3. The lowest BCUT2D eigenvalue weighted by Gasteiger charge is -2.20. The fourth-order valence-electron chi connectivity index (χ4n) is 15.2. The molecule has 0 saturated carbocycles. The molecule has 3 unspecified atom stereocenters. The van der Waals surface area contributed by atoms with Crippen LogP contribution in [-0.2, 0) is 103 Å². The highest BCUT2D eigenvalue weighted by molar-refractivity contribution is 7.84. The third kappa shape index (κ3) is 39.6. The van der Waals surface area contributed by atoms with Gasteiger partial charge in [-0.1, -0.05) is 289 Å². The first-order valence-corrected chi connectivity index (χ1v) is 47.2. The average molecular weight is 1920 g/mol. The van der Waals surface area contributed by atoms with Crippen molar-refractivity contribution in [2.75, 3.05) is 54.1 Å². The van der Waals surface area contributed by atoms with Gasteiger partial charge in [0, 0.05) is 108 Å². The van der Waals surface area contributed by atoms with Crippen LogP contribution in [0, 0.1) is 40.4 Å². The Hall–Kier alpha value is -15.2. The number of nitrogens with one attached hydrogen (secondary N) is 12. The van der Waals surface area contributed by atoms with Gasteiger partial charge in [-0.2, -0.15) is 0 Å². The molecule has 0 saturated heterocycles. The van der Waals surface area contributed by atoms with E-state index in [-0.39, 0.29) is 60.4 Å². The van der Waals surface area contributed by atoms with E-state index in [9.17, 15) is 33.2 Å². The number of halogens is 3. The summed E-state index contributed by atoms with van der Waals surface area (Å²) in [6.07, 6.45) is 1.58. The molecule has 15 aromatic carbocycles. The van der Waals surface area contributed by atoms with Gasteiger partial charge in [0.25, 0.3) is 0 Å². The fourth-order valence-corrected chi connectivity index (χ4v) is 15.2.